The predicted molar refractivity (Wildman–Crippen MR) is 37.9 cm³/mol. The zero-order valence-corrected chi connectivity index (χ0v) is 6.29. The summed E-state index contributed by atoms with van der Waals surface area (Å²) in [6.45, 7) is 0. The van der Waals surface area contributed by atoms with Crippen LogP contribution in [0.25, 0.3) is 0 Å². The number of aliphatic hydroxyl groups excluding tert-OH is 1. The number of hydrogen-bond acceptors (Lipinski definition) is 3. The van der Waals surface area contributed by atoms with E-state index in [9.17, 15) is 15.0 Å². The summed E-state index contributed by atoms with van der Waals surface area (Å²) < 4.78 is 0. The van der Waals surface area contributed by atoms with E-state index < -0.39 is 11.7 Å². The highest BCUT2D eigenvalue weighted by Gasteiger charge is 2.48. The van der Waals surface area contributed by atoms with E-state index >= 15 is 0 Å². The highest BCUT2D eigenvalue weighted by molar-refractivity contribution is 5.84. The average Bonchev–Trinajstić information content (AvgIpc) is 1.83. The highest BCUT2D eigenvalue weighted by atomic mass is 16.3. The molecule has 3 fully saturated rings. The van der Waals surface area contributed by atoms with Gasteiger partial charge in [-0.15, -0.1) is 0 Å². The monoisotopic (exact) mass is 156 g/mol. The molecule has 0 radical (unpaired) electrons. The summed E-state index contributed by atoms with van der Waals surface area (Å²) in [5, 5.41) is 19.0. The quantitative estimate of drug-likeness (QED) is 0.513. The molecule has 0 heterocycles. The molecule has 3 atom stereocenters. The molecule has 0 aromatic carbocycles. The molecule has 0 aromatic heterocycles. The van der Waals surface area contributed by atoms with Crippen molar-refractivity contribution in [1.29, 1.82) is 0 Å². The van der Waals surface area contributed by atoms with Crippen molar-refractivity contribution in [3.63, 3.8) is 0 Å². The van der Waals surface area contributed by atoms with Crippen molar-refractivity contribution in [3.05, 3.63) is 0 Å². The average molecular weight is 156 g/mol. The fourth-order valence-corrected chi connectivity index (χ4v) is 2.24. The molecular weight excluding hydrogens is 144 g/mol. The van der Waals surface area contributed by atoms with Gasteiger partial charge in [-0.05, 0) is 12.8 Å². The predicted octanol–water partition coefficient (Wildman–Crippen LogP) is -0.149. The van der Waals surface area contributed by atoms with Crippen LogP contribution in [0.2, 0.25) is 0 Å². The highest BCUT2D eigenvalue weighted by Crippen LogP contribution is 2.41. The molecule has 0 saturated heterocycles. The maximum absolute atomic E-state index is 11.2. The van der Waals surface area contributed by atoms with Crippen LogP contribution in [0.3, 0.4) is 0 Å². The van der Waals surface area contributed by atoms with Crippen LogP contribution in [0.4, 0.5) is 0 Å². The molecule has 0 aliphatic heterocycles. The van der Waals surface area contributed by atoms with Crippen molar-refractivity contribution in [2.75, 3.05) is 0 Å². The first kappa shape index (κ1) is 7.25. The second kappa shape index (κ2) is 2.05. The lowest BCUT2D eigenvalue weighted by molar-refractivity contribution is -0.155. The second-order valence-corrected chi connectivity index (χ2v) is 3.78. The van der Waals surface area contributed by atoms with Crippen molar-refractivity contribution in [2.45, 2.75) is 37.4 Å². The smallest absolute Gasteiger partial charge is 0.141 e. The molecule has 3 saturated carbocycles. The third-order valence-electron chi connectivity index (χ3n) is 2.89. The van der Waals surface area contributed by atoms with Gasteiger partial charge in [-0.1, -0.05) is 0 Å². The Morgan fingerprint density at radius 1 is 1.55 bits per heavy atom. The van der Waals surface area contributed by atoms with Crippen LogP contribution in [0.1, 0.15) is 25.7 Å². The van der Waals surface area contributed by atoms with Crippen LogP contribution >= 0.6 is 0 Å². The van der Waals surface area contributed by atoms with Crippen LogP contribution in [-0.2, 0) is 4.79 Å². The van der Waals surface area contributed by atoms with E-state index in [0.717, 1.165) is 0 Å². The van der Waals surface area contributed by atoms with Crippen molar-refractivity contribution >= 4 is 5.78 Å². The molecule has 3 rings (SSSR count). The topological polar surface area (TPSA) is 57.5 Å². The largest absolute Gasteiger partial charge is 0.392 e. The zero-order valence-electron chi connectivity index (χ0n) is 6.29. The third-order valence-corrected chi connectivity index (χ3v) is 2.89. The summed E-state index contributed by atoms with van der Waals surface area (Å²) >= 11 is 0. The maximum Gasteiger partial charge on any atom is 0.141 e. The Labute approximate surface area is 65.0 Å². The summed E-state index contributed by atoms with van der Waals surface area (Å²) in [4.78, 5) is 11.2. The van der Waals surface area contributed by atoms with Crippen LogP contribution in [0, 0.1) is 5.92 Å². The number of hydrogen-bond donors (Lipinski definition) is 2. The van der Waals surface area contributed by atoms with E-state index in [2.05, 4.69) is 0 Å². The fourth-order valence-electron chi connectivity index (χ4n) is 2.24. The van der Waals surface area contributed by atoms with Crippen molar-refractivity contribution in [2.24, 2.45) is 5.92 Å². The van der Waals surface area contributed by atoms with E-state index in [4.69, 9.17) is 0 Å². The lowest BCUT2D eigenvalue weighted by Crippen LogP contribution is -2.52. The second-order valence-electron chi connectivity index (χ2n) is 3.78. The van der Waals surface area contributed by atoms with Gasteiger partial charge in [0.1, 0.15) is 5.78 Å². The van der Waals surface area contributed by atoms with Gasteiger partial charge in [0.05, 0.1) is 11.7 Å². The van der Waals surface area contributed by atoms with Crippen LogP contribution in [0.15, 0.2) is 0 Å². The molecule has 2 N–H and O–H groups in total. The van der Waals surface area contributed by atoms with Gasteiger partial charge >= 0.3 is 0 Å². The molecule has 1 unspecified atom stereocenters. The van der Waals surface area contributed by atoms with Crippen molar-refractivity contribution < 1.29 is 15.0 Å². The standard InChI is InChI=1S/C8H12O3/c9-6-3-8(11)2-1-5(6)7(10)4-8/h5-6,9,11H,1-4H2/t5-,6?,8-/m0/s1. The van der Waals surface area contributed by atoms with Gasteiger partial charge in [-0.25, -0.2) is 0 Å². The molecular formula is C8H12O3. The van der Waals surface area contributed by atoms with Gasteiger partial charge in [0.15, 0.2) is 0 Å². The van der Waals surface area contributed by atoms with Gasteiger partial charge in [-0.2, -0.15) is 0 Å². The number of carbonyl (C=O) groups is 1. The van der Waals surface area contributed by atoms with E-state index in [1.807, 2.05) is 0 Å². The van der Waals surface area contributed by atoms with Gasteiger partial charge in [0, 0.05) is 18.8 Å². The van der Waals surface area contributed by atoms with Crippen molar-refractivity contribution in [1.82, 2.24) is 0 Å². The van der Waals surface area contributed by atoms with Gasteiger partial charge in [-0.3, -0.25) is 4.79 Å². The summed E-state index contributed by atoms with van der Waals surface area (Å²) in [6.07, 6.45) is 1.41. The minimum absolute atomic E-state index is 0.0394. The van der Waals surface area contributed by atoms with E-state index in [0.29, 0.717) is 19.3 Å². The van der Waals surface area contributed by atoms with E-state index in [1.54, 1.807) is 0 Å². The molecule has 3 nitrogen and oxygen atoms in total. The molecule has 3 aliphatic carbocycles. The van der Waals surface area contributed by atoms with Crippen LogP contribution in [0.5, 0.6) is 0 Å². The van der Waals surface area contributed by atoms with E-state index in [-0.39, 0.29) is 18.1 Å². The van der Waals surface area contributed by atoms with Crippen molar-refractivity contribution in [3.8, 4) is 0 Å². The normalized spacial score (nSPS) is 49.8. The summed E-state index contributed by atoms with van der Waals surface area (Å²) in [5.74, 6) is -0.137. The first-order chi connectivity index (χ1) is 5.11. The molecule has 62 valence electrons. The summed E-state index contributed by atoms with van der Waals surface area (Å²) in [5.41, 5.74) is -0.870. The lowest BCUT2D eigenvalue weighted by atomic mass is 9.65. The Kier molecular flexibility index (Phi) is 1.35. The van der Waals surface area contributed by atoms with Gasteiger partial charge in [0.25, 0.3) is 0 Å². The fraction of sp³-hybridized carbons (Fsp3) is 0.875. The molecule has 3 heteroatoms. The minimum atomic E-state index is -0.870. The molecule has 0 spiro atoms. The third kappa shape index (κ3) is 0.993. The van der Waals surface area contributed by atoms with E-state index in [1.165, 1.54) is 0 Å². The lowest BCUT2D eigenvalue weighted by Gasteiger charge is -2.44. The summed E-state index contributed by atoms with van der Waals surface area (Å²) in [6, 6.07) is 0. The molecule has 0 aromatic rings. The zero-order chi connectivity index (χ0) is 8.06. The van der Waals surface area contributed by atoms with Crippen LogP contribution < -0.4 is 0 Å². The Morgan fingerprint density at radius 3 is 2.73 bits per heavy atom. The Morgan fingerprint density at radius 2 is 2.27 bits per heavy atom. The van der Waals surface area contributed by atoms with Crippen LogP contribution in [-0.4, -0.2) is 27.7 Å². The number of Topliss-reactive ketones (excluding diaryl/α,β-unsaturated/α-hetero) is 1. The minimum Gasteiger partial charge on any atom is -0.392 e. The maximum atomic E-state index is 11.2. The SMILES string of the molecule is O=C1C[C@]2(O)CC[C@H]1C(O)C2. The molecule has 2 bridgehead atoms. The molecule has 0 amide bonds. The number of fused-ring (bicyclic) bond motifs is 3. The molecule has 3 aliphatic rings. The van der Waals surface area contributed by atoms with Gasteiger partial charge in [0.2, 0.25) is 0 Å². The number of rotatable bonds is 0. The Bertz CT molecular complexity index is 202. The number of carbonyl (C=O) groups excluding carboxylic acids is 1. The number of ketones is 1. The summed E-state index contributed by atoms with van der Waals surface area (Å²) in [7, 11) is 0. The first-order valence-electron chi connectivity index (χ1n) is 4.04. The Balaban J connectivity index is 2.26. The van der Waals surface area contributed by atoms with Gasteiger partial charge < -0.3 is 10.2 Å². The molecule has 11 heavy (non-hydrogen) atoms. The number of aliphatic hydroxyl groups is 2. The Hall–Kier alpha value is -0.410. The first-order valence-corrected chi connectivity index (χ1v) is 4.04.